The Morgan fingerprint density at radius 1 is 0.455 bits per heavy atom. The van der Waals surface area contributed by atoms with Gasteiger partial charge in [0.15, 0.2) is 23.3 Å². The Bertz CT molecular complexity index is 1690. The molecule has 0 amide bonds. The van der Waals surface area contributed by atoms with Gasteiger partial charge in [-0.3, -0.25) is 0 Å². The van der Waals surface area contributed by atoms with Gasteiger partial charge in [-0.05, 0) is 35.7 Å². The minimum atomic E-state index is 0.271. The second kappa shape index (κ2) is 13.9. The average molecular weight is 591 g/mol. The fourth-order valence-corrected chi connectivity index (χ4v) is 5.46. The molecule has 0 saturated heterocycles. The first-order chi connectivity index (χ1) is 21.7. The van der Waals surface area contributed by atoms with Crippen LogP contribution in [0.15, 0.2) is 84.9 Å². The van der Waals surface area contributed by atoms with E-state index in [1.807, 2.05) is 60.7 Å². The van der Waals surface area contributed by atoms with E-state index in [1.54, 1.807) is 9.35 Å². The molecule has 4 N–H and O–H groups in total. The zero-order valence-corrected chi connectivity index (χ0v) is 24.8. The smallest absolute Gasteiger partial charge is 0.189 e. The normalized spacial score (nSPS) is 11.4. The lowest BCUT2D eigenvalue weighted by molar-refractivity contribution is 0.295. The zero-order chi connectivity index (χ0) is 30.1. The second-order valence-electron chi connectivity index (χ2n) is 11.0. The molecular formula is C34H38N8O2. The first-order valence-electron chi connectivity index (χ1n) is 15.2. The Balaban J connectivity index is 0.874. The molecule has 0 bridgehead atoms. The Morgan fingerprint density at radius 3 is 1.32 bits per heavy atom. The number of benzene rings is 4. The number of fused-ring (bicyclic) bond motifs is 2. The summed E-state index contributed by atoms with van der Waals surface area (Å²) in [6, 6.07) is 28.3. The van der Waals surface area contributed by atoms with Crippen molar-refractivity contribution in [1.82, 2.24) is 29.7 Å². The van der Waals surface area contributed by atoms with Crippen molar-refractivity contribution in [3.63, 3.8) is 0 Å². The zero-order valence-electron chi connectivity index (χ0n) is 24.8. The fraction of sp³-hybridized carbons (Fsp3) is 0.294. The third-order valence-electron chi connectivity index (χ3n) is 7.94. The van der Waals surface area contributed by atoms with E-state index < -0.39 is 0 Å². The highest BCUT2D eigenvalue weighted by Gasteiger charge is 2.13. The second-order valence-corrected chi connectivity index (χ2v) is 11.0. The highest BCUT2D eigenvalue weighted by molar-refractivity contribution is 5.88. The molecule has 226 valence electrons. The lowest BCUT2D eigenvalue weighted by Gasteiger charge is -2.09. The first kappa shape index (κ1) is 29.0. The van der Waals surface area contributed by atoms with Crippen molar-refractivity contribution in [2.24, 2.45) is 0 Å². The molecule has 2 aromatic heterocycles. The van der Waals surface area contributed by atoms with Gasteiger partial charge in [0.25, 0.3) is 0 Å². The van der Waals surface area contributed by atoms with Crippen molar-refractivity contribution < 1.29 is 9.47 Å². The molecule has 0 atom stereocenters. The fourth-order valence-electron chi connectivity index (χ4n) is 5.46. The molecule has 0 aliphatic carbocycles. The van der Waals surface area contributed by atoms with Crippen LogP contribution in [0.5, 0.6) is 11.5 Å². The van der Waals surface area contributed by atoms with Crippen molar-refractivity contribution in [1.29, 1.82) is 0 Å². The topological polar surface area (TPSA) is 132 Å². The summed E-state index contributed by atoms with van der Waals surface area (Å²) in [5, 5.41) is 21.5. The molecule has 0 unspecified atom stereocenters. The maximum absolute atomic E-state index is 6.28. The molecule has 10 heteroatoms. The number of nitrogens with two attached hydrogens (primary N) is 2. The minimum absolute atomic E-state index is 0.271. The number of aromatic nitrogens is 6. The van der Waals surface area contributed by atoms with Crippen LogP contribution in [0.2, 0.25) is 0 Å². The van der Waals surface area contributed by atoms with Gasteiger partial charge < -0.3 is 21.2 Å². The maximum atomic E-state index is 6.28. The summed E-state index contributed by atoms with van der Waals surface area (Å²) in [4.78, 5) is 0. The van der Waals surface area contributed by atoms with Gasteiger partial charge in [0.1, 0.15) is 24.7 Å². The van der Waals surface area contributed by atoms with E-state index in [1.165, 1.54) is 0 Å². The third kappa shape index (κ3) is 6.75. The van der Waals surface area contributed by atoms with Gasteiger partial charge in [-0.25, -0.2) is 9.35 Å². The number of rotatable bonds is 15. The minimum Gasteiger partial charge on any atom is -0.485 e. The first-order valence-corrected chi connectivity index (χ1v) is 15.2. The van der Waals surface area contributed by atoms with Gasteiger partial charge >= 0.3 is 0 Å². The monoisotopic (exact) mass is 590 g/mol. The predicted octanol–water partition coefficient (Wildman–Crippen LogP) is 5.89. The lowest BCUT2D eigenvalue weighted by Crippen LogP contribution is -2.18. The van der Waals surface area contributed by atoms with Gasteiger partial charge in [0.2, 0.25) is 0 Å². The van der Waals surface area contributed by atoms with Gasteiger partial charge in [0, 0.05) is 23.6 Å². The summed E-state index contributed by atoms with van der Waals surface area (Å²) in [6.45, 7) is 0.541. The molecule has 2 heterocycles. The highest BCUT2D eigenvalue weighted by Crippen LogP contribution is 2.27. The number of hydrogen-bond acceptors (Lipinski definition) is 8. The largest absolute Gasteiger partial charge is 0.485 e. The van der Waals surface area contributed by atoms with E-state index in [-0.39, 0.29) is 13.2 Å². The van der Waals surface area contributed by atoms with Gasteiger partial charge in [-0.1, -0.05) is 98.5 Å². The number of unbranched alkanes of at least 4 members (excludes halogenated alkanes) is 5. The van der Waals surface area contributed by atoms with Gasteiger partial charge in [-0.15, -0.1) is 20.4 Å². The van der Waals surface area contributed by atoms with Crippen LogP contribution in [0.25, 0.3) is 21.5 Å². The number of nitrogens with zero attached hydrogens (tertiary/aromatic N) is 6. The Labute approximate surface area is 256 Å². The summed E-state index contributed by atoms with van der Waals surface area (Å²) < 4.78 is 15.2. The van der Waals surface area contributed by atoms with Crippen molar-refractivity contribution in [2.75, 3.05) is 11.7 Å². The SMILES string of the molecule is Nn1c(CCCCCCCCc2nnc(COc3cccc4ccccc34)n2N)nnc1COc1cccc2ccccc12. The molecule has 0 aliphatic heterocycles. The molecule has 0 saturated carbocycles. The molecule has 0 spiro atoms. The molecule has 44 heavy (non-hydrogen) atoms. The number of hydrogen-bond donors (Lipinski definition) is 2. The van der Waals surface area contributed by atoms with Crippen LogP contribution >= 0.6 is 0 Å². The van der Waals surface area contributed by atoms with Crippen LogP contribution in [-0.4, -0.2) is 29.7 Å². The Hall–Kier alpha value is -5.12. The number of aryl methyl sites for hydroxylation is 2. The van der Waals surface area contributed by atoms with Crippen LogP contribution in [0.4, 0.5) is 0 Å². The molecule has 6 rings (SSSR count). The van der Waals surface area contributed by atoms with Crippen molar-refractivity contribution >= 4 is 21.5 Å². The van der Waals surface area contributed by atoms with Crippen LogP contribution < -0.4 is 21.2 Å². The molecule has 0 aliphatic rings. The standard InChI is InChI=1S/C34H38N8O2/c35-41-31(37-39-33(41)23-43-29-19-11-15-25-13-7-9-17-27(25)29)21-5-3-1-2-4-6-22-32-38-40-34(42(32)36)24-44-30-20-12-16-26-14-8-10-18-28(26)30/h7-20H,1-6,21-24,35-36H2. The summed E-state index contributed by atoms with van der Waals surface area (Å²) in [5.41, 5.74) is 0. The van der Waals surface area contributed by atoms with Crippen molar-refractivity contribution in [3.05, 3.63) is 108 Å². The van der Waals surface area contributed by atoms with Crippen LogP contribution in [0.1, 0.15) is 61.8 Å². The van der Waals surface area contributed by atoms with Gasteiger partial charge in [-0.2, -0.15) is 0 Å². The quantitative estimate of drug-likeness (QED) is 0.112. The molecule has 6 aromatic rings. The molecule has 0 radical (unpaired) electrons. The van der Waals surface area contributed by atoms with Crippen molar-refractivity contribution in [2.45, 2.75) is 64.6 Å². The van der Waals surface area contributed by atoms with Crippen LogP contribution in [-0.2, 0) is 26.1 Å². The average Bonchev–Trinajstić information content (AvgIpc) is 3.60. The summed E-state index contributed by atoms with van der Waals surface area (Å²) in [7, 11) is 0. The summed E-state index contributed by atoms with van der Waals surface area (Å²) in [6.07, 6.45) is 8.11. The Kier molecular flexibility index (Phi) is 9.15. The third-order valence-corrected chi connectivity index (χ3v) is 7.94. The Morgan fingerprint density at radius 2 is 0.841 bits per heavy atom. The van der Waals surface area contributed by atoms with E-state index >= 15 is 0 Å². The van der Waals surface area contributed by atoms with Gasteiger partial charge in [0.05, 0.1) is 0 Å². The van der Waals surface area contributed by atoms with Crippen LogP contribution in [0.3, 0.4) is 0 Å². The van der Waals surface area contributed by atoms with Crippen LogP contribution in [0, 0.1) is 0 Å². The number of ether oxygens (including phenoxy) is 2. The molecule has 10 nitrogen and oxygen atoms in total. The van der Waals surface area contributed by atoms with E-state index in [0.29, 0.717) is 11.6 Å². The van der Waals surface area contributed by atoms with E-state index in [9.17, 15) is 0 Å². The predicted molar refractivity (Wildman–Crippen MR) is 172 cm³/mol. The molecule has 0 fully saturated rings. The van der Waals surface area contributed by atoms with E-state index in [2.05, 4.69) is 44.7 Å². The van der Waals surface area contributed by atoms with E-state index in [4.69, 9.17) is 21.2 Å². The van der Waals surface area contributed by atoms with Crippen molar-refractivity contribution in [3.8, 4) is 11.5 Å². The van der Waals surface area contributed by atoms with E-state index in [0.717, 1.165) is 96.1 Å². The highest BCUT2D eigenvalue weighted by atomic mass is 16.5. The summed E-state index contributed by atoms with van der Waals surface area (Å²) >= 11 is 0. The molecular weight excluding hydrogens is 552 g/mol. The molecule has 4 aromatic carbocycles. The summed E-state index contributed by atoms with van der Waals surface area (Å²) in [5.74, 6) is 17.0. The maximum Gasteiger partial charge on any atom is 0.189 e. The lowest BCUT2D eigenvalue weighted by atomic mass is 10.1. The number of nitrogen functional groups attached to an aromatic ring is 2.